The molecule has 2 aromatic rings. The molecule has 0 N–H and O–H groups in total. The molecule has 4 rings (SSSR count). The lowest BCUT2D eigenvalue weighted by Gasteiger charge is -2.15. The Hall–Kier alpha value is -2.66. The van der Waals surface area contributed by atoms with Gasteiger partial charge in [0, 0.05) is 11.8 Å². The highest BCUT2D eigenvalue weighted by Crippen LogP contribution is 2.37. The zero-order chi connectivity index (χ0) is 15.8. The summed E-state index contributed by atoms with van der Waals surface area (Å²) in [6, 6.07) is 18.7. The predicted molar refractivity (Wildman–Crippen MR) is 91.4 cm³/mol. The molecule has 4 nitrogen and oxygen atoms in total. The number of carbonyl (C=O) groups is 2. The Bertz CT molecular complexity index is 844. The number of rotatable bonds is 2. The highest BCUT2D eigenvalue weighted by Gasteiger charge is 2.46. The van der Waals surface area contributed by atoms with E-state index >= 15 is 0 Å². The normalized spacial score (nSPS) is 20.2. The minimum Gasteiger partial charge on any atom is -0.272 e. The summed E-state index contributed by atoms with van der Waals surface area (Å²) in [7, 11) is 0. The lowest BCUT2D eigenvalue weighted by molar-refractivity contribution is -0.120. The zero-order valence-corrected chi connectivity index (χ0v) is 12.9. The van der Waals surface area contributed by atoms with Crippen LogP contribution in [0.1, 0.15) is 5.56 Å². The Balaban J connectivity index is 1.68. The number of carbonyl (C=O) groups excluding carboxylic acids is 2. The van der Waals surface area contributed by atoms with Crippen LogP contribution in [-0.2, 0) is 9.59 Å². The van der Waals surface area contributed by atoms with Crippen LogP contribution in [0.2, 0.25) is 0 Å². The molecule has 5 heteroatoms. The lowest BCUT2D eigenvalue weighted by atomic mass is 10.2. The molecular formula is C18H12N2O2S. The second-order valence-electron chi connectivity index (χ2n) is 5.20. The smallest absolute Gasteiger partial charge is 0.264 e. The van der Waals surface area contributed by atoms with E-state index < -0.39 is 5.25 Å². The van der Waals surface area contributed by atoms with E-state index in [-0.39, 0.29) is 11.8 Å². The number of fused-ring (bicyclic) bond motifs is 1. The molecule has 112 valence electrons. The molecule has 2 aliphatic rings. The number of thioether (sulfide) groups is 1. The summed E-state index contributed by atoms with van der Waals surface area (Å²) in [5.41, 5.74) is 1.99. The van der Waals surface area contributed by atoms with E-state index in [1.807, 2.05) is 48.5 Å². The van der Waals surface area contributed by atoms with Gasteiger partial charge in [0.05, 0.1) is 11.3 Å². The molecule has 1 atom stereocenters. The first-order chi connectivity index (χ1) is 11.3. The van der Waals surface area contributed by atoms with E-state index in [0.717, 1.165) is 10.6 Å². The standard InChI is InChI=1S/C18H12N2O2S/c21-17-14-11-19-16(12-7-3-1-4-8-12)23-15(14)18(22)20(17)13-9-5-2-6-10-13/h1-11,15H/t15-/m1/s1. The Labute approximate surface area is 137 Å². The Morgan fingerprint density at radius 3 is 2.26 bits per heavy atom. The molecule has 2 amide bonds. The number of aliphatic imine (C=N–C) groups is 1. The SMILES string of the molecule is O=C1C2=CN=C(c3ccccc3)S[C@H]2C(=O)N1c1ccccc1. The summed E-state index contributed by atoms with van der Waals surface area (Å²) in [6.45, 7) is 0. The minimum atomic E-state index is -0.518. The van der Waals surface area contributed by atoms with Crippen molar-refractivity contribution in [3.05, 3.63) is 78.0 Å². The van der Waals surface area contributed by atoms with Crippen molar-refractivity contribution >= 4 is 34.3 Å². The summed E-state index contributed by atoms with van der Waals surface area (Å²) in [4.78, 5) is 30.9. The summed E-state index contributed by atoms with van der Waals surface area (Å²) >= 11 is 1.34. The van der Waals surface area contributed by atoms with Crippen LogP contribution in [0.25, 0.3) is 0 Å². The van der Waals surface area contributed by atoms with Crippen LogP contribution in [0, 0.1) is 0 Å². The number of anilines is 1. The molecule has 0 bridgehead atoms. The van der Waals surface area contributed by atoms with Crippen LogP contribution in [0.4, 0.5) is 5.69 Å². The van der Waals surface area contributed by atoms with Gasteiger partial charge in [0.2, 0.25) is 0 Å². The molecule has 2 heterocycles. The fraction of sp³-hybridized carbons (Fsp3) is 0.0556. The van der Waals surface area contributed by atoms with E-state index in [4.69, 9.17) is 0 Å². The van der Waals surface area contributed by atoms with Crippen molar-refractivity contribution < 1.29 is 9.59 Å². The number of imide groups is 1. The van der Waals surface area contributed by atoms with Crippen molar-refractivity contribution in [3.63, 3.8) is 0 Å². The fourth-order valence-corrected chi connectivity index (χ4v) is 3.75. The first kappa shape index (κ1) is 14.0. The van der Waals surface area contributed by atoms with Crippen molar-refractivity contribution in [2.24, 2.45) is 4.99 Å². The number of hydrogen-bond acceptors (Lipinski definition) is 4. The fourth-order valence-electron chi connectivity index (χ4n) is 2.64. The van der Waals surface area contributed by atoms with Crippen molar-refractivity contribution in [1.82, 2.24) is 0 Å². The first-order valence-corrected chi connectivity index (χ1v) is 8.07. The largest absolute Gasteiger partial charge is 0.272 e. The second kappa shape index (κ2) is 5.52. The Morgan fingerprint density at radius 2 is 1.57 bits per heavy atom. The van der Waals surface area contributed by atoms with Gasteiger partial charge in [-0.1, -0.05) is 60.3 Å². The predicted octanol–water partition coefficient (Wildman–Crippen LogP) is 3.01. The van der Waals surface area contributed by atoms with Crippen LogP contribution < -0.4 is 4.90 Å². The molecule has 0 aromatic heterocycles. The second-order valence-corrected chi connectivity index (χ2v) is 6.29. The van der Waals surface area contributed by atoms with Gasteiger partial charge < -0.3 is 0 Å². The minimum absolute atomic E-state index is 0.208. The molecule has 0 saturated carbocycles. The molecule has 0 spiro atoms. The van der Waals surface area contributed by atoms with Crippen molar-refractivity contribution in [2.75, 3.05) is 4.90 Å². The molecule has 0 radical (unpaired) electrons. The van der Waals surface area contributed by atoms with Gasteiger partial charge in [0.1, 0.15) is 10.3 Å². The van der Waals surface area contributed by atoms with Crippen LogP contribution in [0.5, 0.6) is 0 Å². The third kappa shape index (κ3) is 2.29. The molecule has 0 unspecified atom stereocenters. The lowest BCUT2D eigenvalue weighted by Crippen LogP contribution is -2.31. The maximum absolute atomic E-state index is 12.7. The average Bonchev–Trinajstić information content (AvgIpc) is 2.87. The maximum Gasteiger partial charge on any atom is 0.264 e. The summed E-state index contributed by atoms with van der Waals surface area (Å²) < 4.78 is 0. The average molecular weight is 320 g/mol. The van der Waals surface area contributed by atoms with Crippen molar-refractivity contribution in [2.45, 2.75) is 5.25 Å². The molecule has 0 aliphatic carbocycles. The number of para-hydroxylation sites is 1. The summed E-state index contributed by atoms with van der Waals surface area (Å²) in [5.74, 6) is -0.490. The van der Waals surface area contributed by atoms with Crippen LogP contribution >= 0.6 is 11.8 Å². The van der Waals surface area contributed by atoms with E-state index in [2.05, 4.69) is 4.99 Å². The highest BCUT2D eigenvalue weighted by atomic mass is 32.2. The molecule has 1 fully saturated rings. The van der Waals surface area contributed by atoms with E-state index in [9.17, 15) is 9.59 Å². The van der Waals surface area contributed by atoms with Gasteiger partial charge in [-0.3, -0.25) is 9.59 Å². The van der Waals surface area contributed by atoms with Gasteiger partial charge in [0.15, 0.2) is 0 Å². The van der Waals surface area contributed by atoms with E-state index in [1.54, 1.807) is 12.1 Å². The van der Waals surface area contributed by atoms with Gasteiger partial charge in [-0.25, -0.2) is 9.89 Å². The summed E-state index contributed by atoms with van der Waals surface area (Å²) in [6.07, 6.45) is 1.53. The molecule has 23 heavy (non-hydrogen) atoms. The van der Waals surface area contributed by atoms with Gasteiger partial charge in [-0.05, 0) is 12.1 Å². The van der Waals surface area contributed by atoms with Gasteiger partial charge in [-0.2, -0.15) is 0 Å². The topological polar surface area (TPSA) is 49.7 Å². The number of benzene rings is 2. The van der Waals surface area contributed by atoms with E-state index in [1.165, 1.54) is 22.9 Å². The molecule has 2 aliphatic heterocycles. The third-order valence-corrected chi connectivity index (χ3v) is 5.02. The van der Waals surface area contributed by atoms with Gasteiger partial charge in [0.25, 0.3) is 11.8 Å². The van der Waals surface area contributed by atoms with E-state index in [0.29, 0.717) is 11.3 Å². The zero-order valence-electron chi connectivity index (χ0n) is 12.0. The highest BCUT2D eigenvalue weighted by molar-refractivity contribution is 8.15. The van der Waals surface area contributed by atoms with Gasteiger partial charge in [-0.15, -0.1) is 0 Å². The molecule has 2 aromatic carbocycles. The monoisotopic (exact) mass is 320 g/mol. The Kier molecular flexibility index (Phi) is 3.35. The van der Waals surface area contributed by atoms with Crippen molar-refractivity contribution in [3.8, 4) is 0 Å². The Morgan fingerprint density at radius 1 is 0.913 bits per heavy atom. The third-order valence-electron chi connectivity index (χ3n) is 3.76. The molecule has 1 saturated heterocycles. The van der Waals surface area contributed by atoms with Crippen LogP contribution in [-0.4, -0.2) is 22.1 Å². The van der Waals surface area contributed by atoms with Crippen molar-refractivity contribution in [1.29, 1.82) is 0 Å². The number of amides is 2. The first-order valence-electron chi connectivity index (χ1n) is 7.19. The molecular weight excluding hydrogens is 308 g/mol. The van der Waals surface area contributed by atoms with Crippen LogP contribution in [0.15, 0.2) is 77.4 Å². The van der Waals surface area contributed by atoms with Gasteiger partial charge >= 0.3 is 0 Å². The van der Waals surface area contributed by atoms with Crippen LogP contribution in [0.3, 0.4) is 0 Å². The number of nitrogens with zero attached hydrogens (tertiary/aromatic N) is 2. The maximum atomic E-state index is 12.7. The number of hydrogen-bond donors (Lipinski definition) is 0. The quantitative estimate of drug-likeness (QED) is 0.799. The summed E-state index contributed by atoms with van der Waals surface area (Å²) in [5, 5.41) is 0.242.